The average Bonchev–Trinajstić information content (AvgIpc) is 2.53. The normalized spacial score (nSPS) is 10.5. The lowest BCUT2D eigenvalue weighted by atomic mass is 10.1. The van der Waals surface area contributed by atoms with Gasteiger partial charge in [-0.1, -0.05) is 24.3 Å². The summed E-state index contributed by atoms with van der Waals surface area (Å²) in [5, 5.41) is 1.07. The highest BCUT2D eigenvalue weighted by Gasteiger charge is 2.07. The van der Waals surface area contributed by atoms with Gasteiger partial charge >= 0.3 is 0 Å². The fraction of sp³-hybridized carbons (Fsp3) is 0.118. The lowest BCUT2D eigenvalue weighted by molar-refractivity contribution is 0.111. The highest BCUT2D eigenvalue weighted by molar-refractivity contribution is 5.81. The quantitative estimate of drug-likeness (QED) is 0.687. The number of carbonyl (C=O) groups is 1. The van der Waals surface area contributed by atoms with Crippen LogP contribution in [0.4, 0.5) is 0 Å². The van der Waals surface area contributed by atoms with Crippen LogP contribution in [0.25, 0.3) is 10.9 Å². The minimum atomic E-state index is 0.322. The van der Waals surface area contributed by atoms with Crippen LogP contribution >= 0.6 is 0 Å². The first-order chi connectivity index (χ1) is 10.3. The highest BCUT2D eigenvalue weighted by atomic mass is 16.5. The first-order valence-corrected chi connectivity index (χ1v) is 6.66. The third-order valence-corrected chi connectivity index (χ3v) is 3.24. The predicted molar refractivity (Wildman–Crippen MR) is 80.4 cm³/mol. The molecule has 2 heterocycles. The number of hydrogen-bond donors (Lipinski definition) is 0. The van der Waals surface area contributed by atoms with E-state index in [-0.39, 0.29) is 0 Å². The molecule has 104 valence electrons. The van der Waals surface area contributed by atoms with Gasteiger partial charge in [0.2, 0.25) is 0 Å². The second-order valence-electron chi connectivity index (χ2n) is 4.73. The lowest BCUT2D eigenvalue weighted by Crippen LogP contribution is -2.01. The molecule has 4 heteroatoms. The Morgan fingerprint density at radius 2 is 2.00 bits per heavy atom. The van der Waals surface area contributed by atoms with Gasteiger partial charge in [-0.2, -0.15) is 0 Å². The molecular weight excluding hydrogens is 264 g/mol. The third-order valence-electron chi connectivity index (χ3n) is 3.24. The maximum Gasteiger partial charge on any atom is 0.172 e. The van der Waals surface area contributed by atoms with Gasteiger partial charge in [-0.15, -0.1) is 0 Å². The molecule has 0 N–H and O–H groups in total. The van der Waals surface area contributed by atoms with Gasteiger partial charge in [0.1, 0.15) is 18.1 Å². The monoisotopic (exact) mass is 278 g/mol. The van der Waals surface area contributed by atoms with Gasteiger partial charge in [-0.25, -0.2) is 4.98 Å². The van der Waals surface area contributed by atoms with Crippen LogP contribution in [-0.4, -0.2) is 16.3 Å². The Labute approximate surface area is 122 Å². The van der Waals surface area contributed by atoms with Crippen LogP contribution in [0, 0.1) is 6.92 Å². The SMILES string of the molecule is Cc1ccc(OCc2cccc3cccnc23)c(C=O)n1. The van der Waals surface area contributed by atoms with E-state index in [4.69, 9.17) is 4.74 Å². The van der Waals surface area contributed by atoms with Crippen LogP contribution in [0.3, 0.4) is 0 Å². The minimum Gasteiger partial charge on any atom is -0.486 e. The predicted octanol–water partition coefficient (Wildman–Crippen LogP) is 3.33. The van der Waals surface area contributed by atoms with E-state index in [0.717, 1.165) is 22.2 Å². The van der Waals surface area contributed by atoms with Crippen molar-refractivity contribution in [3.05, 3.63) is 65.6 Å². The molecule has 0 saturated carbocycles. The molecule has 0 spiro atoms. The standard InChI is InChI=1S/C17H14N2O2/c1-12-7-8-16(15(10-20)19-12)21-11-14-5-2-4-13-6-3-9-18-17(13)14/h2-10H,11H2,1H3. The van der Waals surface area contributed by atoms with Crippen molar-refractivity contribution in [1.82, 2.24) is 9.97 Å². The number of para-hydroxylation sites is 1. The number of carbonyl (C=O) groups excluding carboxylic acids is 1. The van der Waals surface area contributed by atoms with Crippen molar-refractivity contribution < 1.29 is 9.53 Å². The molecule has 21 heavy (non-hydrogen) atoms. The first-order valence-electron chi connectivity index (χ1n) is 6.66. The molecule has 0 aliphatic rings. The molecule has 1 aromatic carbocycles. The van der Waals surface area contributed by atoms with E-state index in [0.29, 0.717) is 24.3 Å². The smallest absolute Gasteiger partial charge is 0.172 e. The molecule has 0 bridgehead atoms. The van der Waals surface area contributed by atoms with Crippen molar-refractivity contribution in [2.75, 3.05) is 0 Å². The number of nitrogens with zero attached hydrogens (tertiary/aromatic N) is 2. The number of pyridine rings is 2. The molecule has 4 nitrogen and oxygen atoms in total. The van der Waals surface area contributed by atoms with Crippen LogP contribution < -0.4 is 4.74 Å². The maximum atomic E-state index is 11.0. The molecular formula is C17H14N2O2. The molecule has 0 aliphatic carbocycles. The number of aromatic nitrogens is 2. The van der Waals surface area contributed by atoms with Gasteiger partial charge in [0.05, 0.1) is 5.52 Å². The number of hydrogen-bond acceptors (Lipinski definition) is 4. The summed E-state index contributed by atoms with van der Waals surface area (Å²) in [4.78, 5) is 19.6. The fourth-order valence-corrected chi connectivity index (χ4v) is 2.21. The molecule has 0 radical (unpaired) electrons. The molecule has 0 unspecified atom stereocenters. The zero-order chi connectivity index (χ0) is 14.7. The summed E-state index contributed by atoms with van der Waals surface area (Å²) in [6, 6.07) is 13.5. The van der Waals surface area contributed by atoms with E-state index >= 15 is 0 Å². The molecule has 0 fully saturated rings. The summed E-state index contributed by atoms with van der Waals surface area (Å²) < 4.78 is 5.74. The van der Waals surface area contributed by atoms with E-state index in [1.54, 1.807) is 12.3 Å². The van der Waals surface area contributed by atoms with E-state index in [1.165, 1.54) is 0 Å². The lowest BCUT2D eigenvalue weighted by Gasteiger charge is -2.10. The third kappa shape index (κ3) is 2.74. The Morgan fingerprint density at radius 3 is 2.86 bits per heavy atom. The van der Waals surface area contributed by atoms with E-state index < -0.39 is 0 Å². The van der Waals surface area contributed by atoms with Crippen LogP contribution in [0.2, 0.25) is 0 Å². The van der Waals surface area contributed by atoms with Crippen molar-refractivity contribution in [1.29, 1.82) is 0 Å². The summed E-state index contributed by atoms with van der Waals surface area (Å²) in [7, 11) is 0. The van der Waals surface area contributed by atoms with Gasteiger partial charge in [0.25, 0.3) is 0 Å². The zero-order valence-corrected chi connectivity index (χ0v) is 11.6. The zero-order valence-electron chi connectivity index (χ0n) is 11.6. The van der Waals surface area contributed by atoms with E-state index in [2.05, 4.69) is 9.97 Å². The van der Waals surface area contributed by atoms with Crippen LogP contribution in [0.5, 0.6) is 5.75 Å². The number of aryl methyl sites for hydroxylation is 1. The number of ether oxygens (including phenoxy) is 1. The second kappa shape index (κ2) is 5.71. The molecule has 2 aromatic heterocycles. The second-order valence-corrected chi connectivity index (χ2v) is 4.73. The van der Waals surface area contributed by atoms with Crippen molar-refractivity contribution in [2.45, 2.75) is 13.5 Å². The molecule has 0 aliphatic heterocycles. The van der Waals surface area contributed by atoms with Crippen molar-refractivity contribution in [3.8, 4) is 5.75 Å². The van der Waals surface area contributed by atoms with Crippen LogP contribution in [0.1, 0.15) is 21.7 Å². The van der Waals surface area contributed by atoms with Crippen molar-refractivity contribution in [2.24, 2.45) is 0 Å². The Bertz CT molecular complexity index is 794. The van der Waals surface area contributed by atoms with Gasteiger partial charge in [0.15, 0.2) is 6.29 Å². The minimum absolute atomic E-state index is 0.322. The molecule has 3 rings (SSSR count). The maximum absolute atomic E-state index is 11.0. The number of fused-ring (bicyclic) bond motifs is 1. The Kier molecular flexibility index (Phi) is 3.60. The highest BCUT2D eigenvalue weighted by Crippen LogP contribution is 2.20. The Morgan fingerprint density at radius 1 is 1.14 bits per heavy atom. The molecule has 0 amide bonds. The average molecular weight is 278 g/mol. The molecule has 0 atom stereocenters. The summed E-state index contributed by atoms with van der Waals surface area (Å²) in [6.45, 7) is 2.19. The Hall–Kier alpha value is -2.75. The summed E-state index contributed by atoms with van der Waals surface area (Å²) in [5.74, 6) is 0.489. The number of benzene rings is 1. The summed E-state index contributed by atoms with van der Waals surface area (Å²) in [6.07, 6.45) is 2.47. The van der Waals surface area contributed by atoms with Gasteiger partial charge in [0, 0.05) is 22.8 Å². The van der Waals surface area contributed by atoms with Gasteiger partial charge in [-0.3, -0.25) is 9.78 Å². The Balaban J connectivity index is 1.89. The van der Waals surface area contributed by atoms with Gasteiger partial charge < -0.3 is 4.74 Å². The summed E-state index contributed by atoms with van der Waals surface area (Å²) in [5.41, 5.74) is 3.00. The number of rotatable bonds is 4. The van der Waals surface area contributed by atoms with E-state index in [1.807, 2.05) is 43.3 Å². The van der Waals surface area contributed by atoms with E-state index in [9.17, 15) is 4.79 Å². The first kappa shape index (κ1) is 13.2. The van der Waals surface area contributed by atoms with Crippen LogP contribution in [0.15, 0.2) is 48.7 Å². The van der Waals surface area contributed by atoms with Crippen molar-refractivity contribution >= 4 is 17.2 Å². The number of aldehydes is 1. The van der Waals surface area contributed by atoms with Gasteiger partial charge in [-0.05, 0) is 25.1 Å². The molecule has 3 aromatic rings. The fourth-order valence-electron chi connectivity index (χ4n) is 2.21. The summed E-state index contributed by atoms with van der Waals surface area (Å²) >= 11 is 0. The van der Waals surface area contributed by atoms with Crippen LogP contribution in [-0.2, 0) is 6.61 Å². The largest absolute Gasteiger partial charge is 0.486 e. The van der Waals surface area contributed by atoms with Crippen molar-refractivity contribution in [3.63, 3.8) is 0 Å². The topological polar surface area (TPSA) is 52.1 Å². The molecule has 0 saturated heterocycles.